The van der Waals surface area contributed by atoms with E-state index in [0.717, 1.165) is 37.8 Å². The van der Waals surface area contributed by atoms with E-state index in [1.807, 2.05) is 54.8 Å². The Morgan fingerprint density at radius 3 is 2.82 bits per heavy atom. The number of hydrogen-bond acceptors (Lipinski definition) is 7. The minimum absolute atomic E-state index is 0.221. The van der Waals surface area contributed by atoms with E-state index in [1.54, 1.807) is 29.5 Å². The van der Waals surface area contributed by atoms with Crippen LogP contribution in [0.4, 0.5) is 16.5 Å². The van der Waals surface area contributed by atoms with Crippen molar-refractivity contribution in [3.8, 4) is 16.9 Å². The van der Waals surface area contributed by atoms with Gasteiger partial charge < -0.3 is 10.6 Å². The number of hydrogen-bond donors (Lipinski definition) is 2. The molecule has 168 valence electrons. The molecule has 0 radical (unpaired) electrons. The van der Waals surface area contributed by atoms with E-state index in [-0.39, 0.29) is 5.91 Å². The SMILES string of the molecule is Cc1ccc(C(=O)Nc2cc(Br)cc(-n3cncn3)c2)cc1Nc1nc(-c2cccnc2)cs1. The quantitative estimate of drug-likeness (QED) is 0.285. The molecule has 0 saturated carbocycles. The normalized spacial score (nSPS) is 10.8. The molecule has 2 N–H and O–H groups in total. The zero-order valence-corrected chi connectivity index (χ0v) is 20.3. The Morgan fingerprint density at radius 2 is 2.03 bits per heavy atom. The Labute approximate surface area is 207 Å². The summed E-state index contributed by atoms with van der Waals surface area (Å²) in [6, 6.07) is 15.0. The molecule has 8 nitrogen and oxygen atoms in total. The van der Waals surface area contributed by atoms with Crippen molar-refractivity contribution in [3.05, 3.63) is 94.6 Å². The van der Waals surface area contributed by atoms with E-state index in [9.17, 15) is 4.79 Å². The molecule has 0 spiro atoms. The lowest BCUT2D eigenvalue weighted by Crippen LogP contribution is -2.13. The van der Waals surface area contributed by atoms with E-state index >= 15 is 0 Å². The Hall–Kier alpha value is -3.89. The number of benzene rings is 2. The van der Waals surface area contributed by atoms with Gasteiger partial charge in [-0.3, -0.25) is 9.78 Å². The van der Waals surface area contributed by atoms with Crippen LogP contribution in [0.2, 0.25) is 0 Å². The summed E-state index contributed by atoms with van der Waals surface area (Å²) < 4.78 is 2.44. The third kappa shape index (κ3) is 4.87. The standard InChI is InChI=1S/C24H18BrN7OS/c1-15-4-5-16(7-21(15)30-24-31-22(12-34-24)17-3-2-6-26-11-17)23(33)29-19-8-18(25)9-20(10-19)32-14-27-13-28-32/h2-14H,1H3,(H,29,33)(H,30,31). The summed E-state index contributed by atoms with van der Waals surface area (Å²) in [5.41, 5.74) is 5.57. The van der Waals surface area contributed by atoms with E-state index in [0.29, 0.717) is 11.3 Å². The topological polar surface area (TPSA) is 97.6 Å². The number of carbonyl (C=O) groups is 1. The number of carbonyl (C=O) groups excluding carboxylic acids is 1. The highest BCUT2D eigenvalue weighted by atomic mass is 79.9. The van der Waals surface area contributed by atoms with Crippen LogP contribution in [0, 0.1) is 6.92 Å². The maximum absolute atomic E-state index is 13.0. The molecule has 1 amide bonds. The second-order valence-electron chi connectivity index (χ2n) is 7.43. The molecule has 5 aromatic rings. The first-order valence-corrected chi connectivity index (χ1v) is 11.9. The molecular weight excluding hydrogens is 514 g/mol. The molecule has 0 aliphatic rings. The number of aryl methyl sites for hydroxylation is 1. The predicted octanol–water partition coefficient (Wildman–Crippen LogP) is 5.85. The van der Waals surface area contributed by atoms with Crippen molar-refractivity contribution in [2.45, 2.75) is 6.92 Å². The first-order valence-electron chi connectivity index (χ1n) is 10.3. The average Bonchev–Trinajstić information content (AvgIpc) is 3.53. The van der Waals surface area contributed by atoms with Crippen LogP contribution in [-0.2, 0) is 0 Å². The maximum atomic E-state index is 13.0. The molecule has 0 atom stereocenters. The molecule has 0 saturated heterocycles. The van der Waals surface area contributed by atoms with E-state index in [4.69, 9.17) is 0 Å². The lowest BCUT2D eigenvalue weighted by atomic mass is 10.1. The average molecular weight is 532 g/mol. The van der Waals surface area contributed by atoms with E-state index in [1.165, 1.54) is 17.7 Å². The van der Waals surface area contributed by atoms with Gasteiger partial charge in [0.05, 0.1) is 11.4 Å². The first kappa shape index (κ1) is 21.9. The van der Waals surface area contributed by atoms with Crippen molar-refractivity contribution in [1.82, 2.24) is 24.7 Å². The van der Waals surface area contributed by atoms with Gasteiger partial charge in [0.25, 0.3) is 5.91 Å². The largest absolute Gasteiger partial charge is 0.331 e. The Balaban J connectivity index is 1.35. The second kappa shape index (κ2) is 9.54. The highest BCUT2D eigenvalue weighted by Gasteiger charge is 2.12. The summed E-state index contributed by atoms with van der Waals surface area (Å²) in [4.78, 5) is 25.8. The number of rotatable bonds is 6. The zero-order chi connectivity index (χ0) is 23.5. The van der Waals surface area contributed by atoms with Crippen LogP contribution >= 0.6 is 27.3 Å². The molecule has 10 heteroatoms. The summed E-state index contributed by atoms with van der Waals surface area (Å²) in [6.45, 7) is 1.98. The molecule has 34 heavy (non-hydrogen) atoms. The molecule has 0 bridgehead atoms. The van der Waals surface area contributed by atoms with Crippen molar-refractivity contribution in [2.75, 3.05) is 10.6 Å². The first-order chi connectivity index (χ1) is 16.5. The van der Waals surface area contributed by atoms with Crippen molar-refractivity contribution >= 4 is 49.7 Å². The predicted molar refractivity (Wildman–Crippen MR) is 137 cm³/mol. The number of aromatic nitrogens is 5. The molecule has 0 unspecified atom stereocenters. The van der Waals surface area contributed by atoms with Gasteiger partial charge in [0.1, 0.15) is 12.7 Å². The second-order valence-corrected chi connectivity index (χ2v) is 9.20. The van der Waals surface area contributed by atoms with Crippen LogP contribution in [-0.4, -0.2) is 30.6 Å². The van der Waals surface area contributed by atoms with Crippen LogP contribution in [0.25, 0.3) is 16.9 Å². The van der Waals surface area contributed by atoms with Crippen molar-refractivity contribution < 1.29 is 4.79 Å². The number of thiazole rings is 1. The zero-order valence-electron chi connectivity index (χ0n) is 17.9. The number of pyridine rings is 1. The molecule has 5 rings (SSSR count). The molecular formula is C24H18BrN7OS. The van der Waals surface area contributed by atoms with Crippen molar-refractivity contribution in [3.63, 3.8) is 0 Å². The van der Waals surface area contributed by atoms with E-state index in [2.05, 4.69) is 46.6 Å². The number of amides is 1. The minimum Gasteiger partial charge on any atom is -0.331 e. The smallest absolute Gasteiger partial charge is 0.255 e. The number of nitrogens with zero attached hydrogens (tertiary/aromatic N) is 5. The fraction of sp³-hybridized carbons (Fsp3) is 0.0417. The van der Waals surface area contributed by atoms with Crippen LogP contribution in [0.15, 0.2) is 83.4 Å². The van der Waals surface area contributed by atoms with Crippen LogP contribution < -0.4 is 10.6 Å². The van der Waals surface area contributed by atoms with Gasteiger partial charge >= 0.3 is 0 Å². The van der Waals surface area contributed by atoms with Gasteiger partial charge in [-0.25, -0.2) is 14.6 Å². The maximum Gasteiger partial charge on any atom is 0.255 e. The monoisotopic (exact) mass is 531 g/mol. The summed E-state index contributed by atoms with van der Waals surface area (Å²) in [7, 11) is 0. The van der Waals surface area contributed by atoms with Crippen LogP contribution in [0.3, 0.4) is 0 Å². The molecule has 0 aliphatic heterocycles. The Bertz CT molecular complexity index is 1450. The summed E-state index contributed by atoms with van der Waals surface area (Å²) in [5.74, 6) is -0.221. The Morgan fingerprint density at radius 1 is 1.12 bits per heavy atom. The number of anilines is 3. The fourth-order valence-corrected chi connectivity index (χ4v) is 4.53. The number of halogens is 1. The van der Waals surface area contributed by atoms with Crippen molar-refractivity contribution in [1.29, 1.82) is 0 Å². The molecule has 3 heterocycles. The van der Waals surface area contributed by atoms with Gasteiger partial charge in [0, 0.05) is 44.7 Å². The van der Waals surface area contributed by atoms with Crippen LogP contribution in [0.5, 0.6) is 0 Å². The lowest BCUT2D eigenvalue weighted by Gasteiger charge is -2.11. The van der Waals surface area contributed by atoms with Crippen molar-refractivity contribution in [2.24, 2.45) is 0 Å². The fourth-order valence-electron chi connectivity index (χ4n) is 3.31. The molecule has 3 aromatic heterocycles. The third-order valence-corrected chi connectivity index (χ3v) is 6.24. The van der Waals surface area contributed by atoms with Gasteiger partial charge in [-0.2, -0.15) is 5.10 Å². The summed E-state index contributed by atoms with van der Waals surface area (Å²) in [5, 5.41) is 13.2. The van der Waals surface area contributed by atoms with Gasteiger partial charge in [-0.05, 0) is 55.0 Å². The lowest BCUT2D eigenvalue weighted by molar-refractivity contribution is 0.102. The molecule has 2 aromatic carbocycles. The highest BCUT2D eigenvalue weighted by molar-refractivity contribution is 9.10. The highest BCUT2D eigenvalue weighted by Crippen LogP contribution is 2.29. The molecule has 0 fully saturated rings. The summed E-state index contributed by atoms with van der Waals surface area (Å²) >= 11 is 4.99. The van der Waals surface area contributed by atoms with Crippen LogP contribution in [0.1, 0.15) is 15.9 Å². The minimum atomic E-state index is -0.221. The van der Waals surface area contributed by atoms with E-state index < -0.39 is 0 Å². The molecule has 0 aliphatic carbocycles. The van der Waals surface area contributed by atoms with Gasteiger partial charge in [0.2, 0.25) is 0 Å². The Kier molecular flexibility index (Phi) is 6.15. The third-order valence-electron chi connectivity index (χ3n) is 5.03. The number of nitrogens with one attached hydrogen (secondary N) is 2. The van der Waals surface area contributed by atoms with Gasteiger partial charge in [-0.1, -0.05) is 22.0 Å². The van der Waals surface area contributed by atoms with Gasteiger partial charge in [-0.15, -0.1) is 11.3 Å². The summed E-state index contributed by atoms with van der Waals surface area (Å²) in [6.07, 6.45) is 6.58. The van der Waals surface area contributed by atoms with Gasteiger partial charge in [0.15, 0.2) is 5.13 Å².